The number of aliphatic hydroxyl groups is 1. The van der Waals surface area contributed by atoms with Gasteiger partial charge in [-0.05, 0) is 49.3 Å². The molecular formula is C19H26N2O2. The zero-order valence-corrected chi connectivity index (χ0v) is 14.2. The van der Waals surface area contributed by atoms with Gasteiger partial charge in [-0.3, -0.25) is 9.69 Å². The Hall–Kier alpha value is -1.65. The van der Waals surface area contributed by atoms with Crippen LogP contribution in [0.3, 0.4) is 0 Å². The molecule has 1 aliphatic rings. The Kier molecular flexibility index (Phi) is 4.55. The van der Waals surface area contributed by atoms with Crippen LogP contribution in [0.5, 0.6) is 0 Å². The number of nitrogens with zero attached hydrogens (tertiary/aromatic N) is 1. The average Bonchev–Trinajstić information content (AvgIpc) is 2.81. The first-order chi connectivity index (χ1) is 11.0. The summed E-state index contributed by atoms with van der Waals surface area (Å²) < 4.78 is 0. The molecule has 0 aliphatic carbocycles. The molecule has 1 aliphatic heterocycles. The van der Waals surface area contributed by atoms with Gasteiger partial charge in [0.1, 0.15) is 0 Å². The number of likely N-dealkylation sites (tertiary alicyclic amines) is 1. The molecule has 1 aromatic carbocycles. The van der Waals surface area contributed by atoms with Gasteiger partial charge >= 0.3 is 0 Å². The standard InChI is InChI=1S/C19H26N2O2/c1-12-5-4-6-17-18(12)10-15(20-19(17)23)7-8-21-14(3)13(2)9-16(21)11-22/h4-6,10,13-14,16,22H,7-9,11H2,1-3H3,(H,20,23). The van der Waals surface area contributed by atoms with Crippen molar-refractivity contribution in [2.24, 2.45) is 5.92 Å². The number of aliphatic hydroxyl groups excluding tert-OH is 1. The topological polar surface area (TPSA) is 56.3 Å². The number of aromatic nitrogens is 1. The second-order valence-electron chi connectivity index (χ2n) is 6.94. The Balaban J connectivity index is 1.82. The molecule has 0 saturated carbocycles. The number of benzene rings is 1. The number of H-pyrrole nitrogens is 1. The smallest absolute Gasteiger partial charge is 0.256 e. The summed E-state index contributed by atoms with van der Waals surface area (Å²) in [5, 5.41) is 11.4. The van der Waals surface area contributed by atoms with E-state index >= 15 is 0 Å². The molecule has 1 fully saturated rings. The van der Waals surface area contributed by atoms with Crippen LogP contribution >= 0.6 is 0 Å². The van der Waals surface area contributed by atoms with Gasteiger partial charge in [0.25, 0.3) is 5.56 Å². The lowest BCUT2D eigenvalue weighted by Gasteiger charge is -2.27. The highest BCUT2D eigenvalue weighted by atomic mass is 16.3. The zero-order valence-electron chi connectivity index (χ0n) is 14.2. The largest absolute Gasteiger partial charge is 0.395 e. The lowest BCUT2D eigenvalue weighted by atomic mass is 10.0. The maximum atomic E-state index is 12.3. The molecule has 124 valence electrons. The van der Waals surface area contributed by atoms with E-state index in [1.165, 1.54) is 0 Å². The van der Waals surface area contributed by atoms with E-state index in [4.69, 9.17) is 0 Å². The molecule has 0 bridgehead atoms. The van der Waals surface area contributed by atoms with Crippen molar-refractivity contribution in [3.05, 3.63) is 45.9 Å². The highest BCUT2D eigenvalue weighted by molar-refractivity contribution is 5.84. The van der Waals surface area contributed by atoms with Crippen LogP contribution in [0.1, 0.15) is 31.5 Å². The number of aryl methyl sites for hydroxylation is 1. The first-order valence-corrected chi connectivity index (χ1v) is 8.49. The fraction of sp³-hybridized carbons (Fsp3) is 0.526. The van der Waals surface area contributed by atoms with Crippen LogP contribution in [0, 0.1) is 12.8 Å². The molecular weight excluding hydrogens is 288 g/mol. The second-order valence-corrected chi connectivity index (χ2v) is 6.94. The van der Waals surface area contributed by atoms with Gasteiger partial charge in [0, 0.05) is 36.1 Å². The molecule has 0 spiro atoms. The molecule has 3 atom stereocenters. The number of fused-ring (bicyclic) bond motifs is 1. The predicted molar refractivity (Wildman–Crippen MR) is 93.8 cm³/mol. The number of aromatic amines is 1. The van der Waals surface area contributed by atoms with Gasteiger partial charge in [0.15, 0.2) is 0 Å². The first-order valence-electron chi connectivity index (χ1n) is 8.49. The molecule has 2 heterocycles. The maximum absolute atomic E-state index is 12.3. The zero-order chi connectivity index (χ0) is 16.6. The maximum Gasteiger partial charge on any atom is 0.256 e. The lowest BCUT2D eigenvalue weighted by Crippen LogP contribution is -2.39. The van der Waals surface area contributed by atoms with E-state index in [2.05, 4.69) is 29.8 Å². The van der Waals surface area contributed by atoms with Crippen LogP contribution in [0.4, 0.5) is 0 Å². The second kappa shape index (κ2) is 6.46. The van der Waals surface area contributed by atoms with E-state index < -0.39 is 0 Å². The number of pyridine rings is 1. The van der Waals surface area contributed by atoms with Crippen molar-refractivity contribution >= 4 is 10.8 Å². The van der Waals surface area contributed by atoms with Gasteiger partial charge in [0.05, 0.1) is 6.61 Å². The Morgan fingerprint density at radius 3 is 2.83 bits per heavy atom. The summed E-state index contributed by atoms with van der Waals surface area (Å²) in [7, 11) is 0. The van der Waals surface area contributed by atoms with Gasteiger partial charge in [0.2, 0.25) is 0 Å². The summed E-state index contributed by atoms with van der Waals surface area (Å²) >= 11 is 0. The van der Waals surface area contributed by atoms with Crippen LogP contribution in [0.2, 0.25) is 0 Å². The minimum atomic E-state index is -0.0113. The predicted octanol–water partition coefficient (Wildman–Crippen LogP) is 2.47. The van der Waals surface area contributed by atoms with E-state index in [1.807, 2.05) is 25.1 Å². The molecule has 1 saturated heterocycles. The molecule has 2 N–H and O–H groups in total. The van der Waals surface area contributed by atoms with Crippen LogP contribution in [-0.2, 0) is 6.42 Å². The van der Waals surface area contributed by atoms with Crippen molar-refractivity contribution in [1.29, 1.82) is 0 Å². The highest BCUT2D eigenvalue weighted by Gasteiger charge is 2.34. The monoisotopic (exact) mass is 314 g/mol. The van der Waals surface area contributed by atoms with Crippen molar-refractivity contribution in [1.82, 2.24) is 9.88 Å². The average molecular weight is 314 g/mol. The van der Waals surface area contributed by atoms with E-state index in [0.717, 1.165) is 41.4 Å². The van der Waals surface area contributed by atoms with Crippen molar-refractivity contribution < 1.29 is 5.11 Å². The van der Waals surface area contributed by atoms with Crippen LogP contribution < -0.4 is 5.56 Å². The van der Waals surface area contributed by atoms with Crippen LogP contribution in [0.25, 0.3) is 10.8 Å². The lowest BCUT2D eigenvalue weighted by molar-refractivity contribution is 0.133. The van der Waals surface area contributed by atoms with E-state index in [-0.39, 0.29) is 18.2 Å². The minimum absolute atomic E-state index is 0.0113. The van der Waals surface area contributed by atoms with Crippen molar-refractivity contribution in [2.45, 2.75) is 45.7 Å². The highest BCUT2D eigenvalue weighted by Crippen LogP contribution is 2.29. The third-order valence-corrected chi connectivity index (χ3v) is 5.47. The minimum Gasteiger partial charge on any atom is -0.395 e. The summed E-state index contributed by atoms with van der Waals surface area (Å²) in [5.74, 6) is 0.602. The molecule has 1 aromatic heterocycles. The fourth-order valence-electron chi connectivity index (χ4n) is 3.86. The number of hydrogen-bond acceptors (Lipinski definition) is 3. The third-order valence-electron chi connectivity index (χ3n) is 5.47. The molecule has 0 radical (unpaired) electrons. The van der Waals surface area contributed by atoms with Gasteiger partial charge in [-0.1, -0.05) is 19.1 Å². The Bertz CT molecular complexity index is 753. The molecule has 2 aromatic rings. The molecule has 4 heteroatoms. The third kappa shape index (κ3) is 3.06. The Morgan fingerprint density at radius 2 is 2.09 bits per heavy atom. The normalized spacial score (nSPS) is 25.3. The van der Waals surface area contributed by atoms with Gasteiger partial charge < -0.3 is 10.1 Å². The van der Waals surface area contributed by atoms with E-state index in [0.29, 0.717) is 12.0 Å². The van der Waals surface area contributed by atoms with Gasteiger partial charge in [-0.2, -0.15) is 0 Å². The summed E-state index contributed by atoms with van der Waals surface area (Å²) in [6.45, 7) is 7.59. The molecule has 3 rings (SSSR count). The first kappa shape index (κ1) is 16.2. The summed E-state index contributed by atoms with van der Waals surface area (Å²) in [6.07, 6.45) is 1.85. The summed E-state index contributed by atoms with van der Waals surface area (Å²) in [4.78, 5) is 17.7. The SMILES string of the molecule is Cc1cccc2c(=O)[nH]c(CCN3C(CO)CC(C)C3C)cc12. The molecule has 4 nitrogen and oxygen atoms in total. The van der Waals surface area contributed by atoms with Crippen molar-refractivity contribution in [2.75, 3.05) is 13.2 Å². The number of nitrogens with one attached hydrogen (secondary N) is 1. The van der Waals surface area contributed by atoms with Crippen molar-refractivity contribution in [3.63, 3.8) is 0 Å². The van der Waals surface area contributed by atoms with E-state index in [1.54, 1.807) is 0 Å². The fourth-order valence-corrected chi connectivity index (χ4v) is 3.86. The number of rotatable bonds is 4. The Labute approximate surface area is 137 Å². The summed E-state index contributed by atoms with van der Waals surface area (Å²) in [6, 6.07) is 8.65. The van der Waals surface area contributed by atoms with E-state index in [9.17, 15) is 9.90 Å². The van der Waals surface area contributed by atoms with Crippen LogP contribution in [-0.4, -0.2) is 40.2 Å². The van der Waals surface area contributed by atoms with Crippen LogP contribution in [0.15, 0.2) is 29.1 Å². The quantitative estimate of drug-likeness (QED) is 0.911. The molecule has 23 heavy (non-hydrogen) atoms. The molecule has 0 amide bonds. The summed E-state index contributed by atoms with van der Waals surface area (Å²) in [5.41, 5.74) is 2.09. The number of hydrogen-bond donors (Lipinski definition) is 2. The van der Waals surface area contributed by atoms with Crippen molar-refractivity contribution in [3.8, 4) is 0 Å². The van der Waals surface area contributed by atoms with Gasteiger partial charge in [-0.15, -0.1) is 0 Å². The Morgan fingerprint density at radius 1 is 1.30 bits per heavy atom. The molecule has 3 unspecified atom stereocenters. The van der Waals surface area contributed by atoms with Gasteiger partial charge in [-0.25, -0.2) is 0 Å².